The topological polar surface area (TPSA) is 73.2 Å². The highest BCUT2D eigenvalue weighted by Crippen LogP contribution is 2.27. The number of hydrogen-bond donors (Lipinski definition) is 3. The fourth-order valence-electron chi connectivity index (χ4n) is 2.52. The smallest absolute Gasteiger partial charge is 0.0900 e. The van der Waals surface area contributed by atoms with Crippen LogP contribution in [0.5, 0.6) is 0 Å². The van der Waals surface area contributed by atoms with Crippen molar-refractivity contribution in [2.75, 3.05) is 39.5 Å². The van der Waals surface area contributed by atoms with Crippen molar-refractivity contribution >= 4 is 0 Å². The zero-order chi connectivity index (χ0) is 13.4. The molecule has 1 saturated carbocycles. The number of aliphatic hydroxyl groups is 3. The van der Waals surface area contributed by atoms with E-state index in [1.54, 1.807) is 0 Å². The Kier molecular flexibility index (Phi) is 7.77. The maximum absolute atomic E-state index is 9.89. The summed E-state index contributed by atoms with van der Waals surface area (Å²) in [5.41, 5.74) is 0. The van der Waals surface area contributed by atoms with Crippen LogP contribution in [0.15, 0.2) is 0 Å². The molecule has 0 saturated heterocycles. The van der Waals surface area contributed by atoms with E-state index in [0.717, 1.165) is 6.42 Å². The van der Waals surface area contributed by atoms with Crippen LogP contribution >= 0.6 is 0 Å². The molecule has 0 unspecified atom stereocenters. The molecule has 1 aliphatic rings. The molecule has 0 amide bonds. The Morgan fingerprint density at radius 1 is 1.22 bits per heavy atom. The summed E-state index contributed by atoms with van der Waals surface area (Å²) in [5, 5.41) is 27.6. The first-order valence-corrected chi connectivity index (χ1v) is 6.91. The third-order valence-electron chi connectivity index (χ3n) is 3.59. The molecule has 18 heavy (non-hydrogen) atoms. The van der Waals surface area contributed by atoms with Gasteiger partial charge in [0.2, 0.25) is 0 Å². The van der Waals surface area contributed by atoms with Crippen molar-refractivity contribution in [2.24, 2.45) is 5.92 Å². The number of ether oxygens (including phenoxy) is 1. The highest BCUT2D eigenvalue weighted by molar-refractivity contribution is 4.75. The normalized spacial score (nSPS) is 25.8. The highest BCUT2D eigenvalue weighted by Gasteiger charge is 2.24. The fourth-order valence-corrected chi connectivity index (χ4v) is 2.52. The monoisotopic (exact) mass is 261 g/mol. The summed E-state index contributed by atoms with van der Waals surface area (Å²) in [6.45, 7) is 3.97. The molecule has 3 N–H and O–H groups in total. The molecule has 0 heterocycles. The molecule has 5 nitrogen and oxygen atoms in total. The van der Waals surface area contributed by atoms with Gasteiger partial charge in [0.05, 0.1) is 32.0 Å². The Bertz CT molecular complexity index is 209. The van der Waals surface area contributed by atoms with Crippen LogP contribution in [0.25, 0.3) is 0 Å². The second-order valence-electron chi connectivity index (χ2n) is 5.18. The maximum Gasteiger partial charge on any atom is 0.0900 e. The van der Waals surface area contributed by atoms with E-state index < -0.39 is 6.10 Å². The first-order valence-electron chi connectivity index (χ1n) is 6.91. The van der Waals surface area contributed by atoms with Gasteiger partial charge in [-0.25, -0.2) is 0 Å². The molecule has 0 aliphatic heterocycles. The largest absolute Gasteiger partial charge is 0.395 e. The van der Waals surface area contributed by atoms with Crippen molar-refractivity contribution in [3.8, 4) is 0 Å². The lowest BCUT2D eigenvalue weighted by Gasteiger charge is -2.25. The number of rotatable bonds is 9. The van der Waals surface area contributed by atoms with E-state index in [1.165, 1.54) is 12.8 Å². The van der Waals surface area contributed by atoms with Gasteiger partial charge in [-0.3, -0.25) is 4.90 Å². The van der Waals surface area contributed by atoms with Crippen LogP contribution < -0.4 is 0 Å². The molecule has 0 aromatic rings. The van der Waals surface area contributed by atoms with Crippen molar-refractivity contribution in [3.63, 3.8) is 0 Å². The summed E-state index contributed by atoms with van der Waals surface area (Å²) in [5.74, 6) is 0.586. The average molecular weight is 261 g/mol. The minimum absolute atomic E-state index is 0.0350. The van der Waals surface area contributed by atoms with Gasteiger partial charge in [-0.05, 0) is 18.8 Å². The first kappa shape index (κ1) is 15.9. The SMILES string of the molecule is C[C@H]1CCC[C@H]1OC[C@H](O)CN(CCO)CCO. The molecule has 0 radical (unpaired) electrons. The lowest BCUT2D eigenvalue weighted by Crippen LogP contribution is -2.39. The first-order chi connectivity index (χ1) is 8.67. The molecule has 1 rings (SSSR count). The molecule has 1 fully saturated rings. The summed E-state index contributed by atoms with van der Waals surface area (Å²) in [6.07, 6.45) is 3.23. The molecule has 0 aromatic heterocycles. The summed E-state index contributed by atoms with van der Waals surface area (Å²) >= 11 is 0. The quantitative estimate of drug-likeness (QED) is 0.538. The van der Waals surface area contributed by atoms with Crippen LogP contribution in [0.4, 0.5) is 0 Å². The van der Waals surface area contributed by atoms with Crippen molar-refractivity contribution in [1.82, 2.24) is 4.90 Å². The maximum atomic E-state index is 9.89. The third kappa shape index (κ3) is 5.63. The Hall–Kier alpha value is -0.200. The summed E-state index contributed by atoms with van der Waals surface area (Å²) < 4.78 is 5.73. The third-order valence-corrected chi connectivity index (χ3v) is 3.59. The molecule has 108 valence electrons. The fraction of sp³-hybridized carbons (Fsp3) is 1.00. The zero-order valence-electron chi connectivity index (χ0n) is 11.3. The minimum atomic E-state index is -0.559. The molecular weight excluding hydrogens is 234 g/mol. The van der Waals surface area contributed by atoms with Crippen LogP contribution in [-0.2, 0) is 4.74 Å². The van der Waals surface area contributed by atoms with Crippen LogP contribution in [0.1, 0.15) is 26.2 Å². The van der Waals surface area contributed by atoms with Crippen LogP contribution in [-0.4, -0.2) is 71.9 Å². The van der Waals surface area contributed by atoms with Crippen molar-refractivity contribution < 1.29 is 20.1 Å². The number of hydrogen-bond acceptors (Lipinski definition) is 5. The molecule has 3 atom stereocenters. The molecule has 0 aromatic carbocycles. The van der Waals surface area contributed by atoms with E-state index in [0.29, 0.717) is 32.2 Å². The van der Waals surface area contributed by atoms with Crippen molar-refractivity contribution in [2.45, 2.75) is 38.4 Å². The molecule has 0 spiro atoms. The van der Waals surface area contributed by atoms with E-state index in [4.69, 9.17) is 14.9 Å². The Balaban J connectivity index is 2.20. The van der Waals surface area contributed by atoms with Crippen LogP contribution in [0, 0.1) is 5.92 Å². The zero-order valence-corrected chi connectivity index (χ0v) is 11.3. The number of nitrogens with zero attached hydrogens (tertiary/aromatic N) is 1. The van der Waals surface area contributed by atoms with Crippen LogP contribution in [0.3, 0.4) is 0 Å². The highest BCUT2D eigenvalue weighted by atomic mass is 16.5. The van der Waals surface area contributed by atoms with Gasteiger partial charge in [-0.2, -0.15) is 0 Å². The van der Waals surface area contributed by atoms with E-state index in [2.05, 4.69) is 6.92 Å². The van der Waals surface area contributed by atoms with Gasteiger partial charge in [0, 0.05) is 19.6 Å². The molecule has 5 heteroatoms. The number of aliphatic hydroxyl groups excluding tert-OH is 3. The summed E-state index contributed by atoms with van der Waals surface area (Å²) in [6, 6.07) is 0. The Labute approximate surface area is 109 Å². The lowest BCUT2D eigenvalue weighted by atomic mass is 10.1. The van der Waals surface area contributed by atoms with E-state index in [1.807, 2.05) is 4.90 Å². The van der Waals surface area contributed by atoms with Crippen molar-refractivity contribution in [3.05, 3.63) is 0 Å². The predicted octanol–water partition coefficient (Wildman–Crippen LogP) is -0.161. The Morgan fingerprint density at radius 2 is 1.89 bits per heavy atom. The van der Waals surface area contributed by atoms with Gasteiger partial charge in [-0.15, -0.1) is 0 Å². The van der Waals surface area contributed by atoms with E-state index in [9.17, 15) is 5.11 Å². The van der Waals surface area contributed by atoms with Crippen molar-refractivity contribution in [1.29, 1.82) is 0 Å². The standard InChI is InChI=1S/C13H27NO4/c1-11-3-2-4-13(11)18-10-12(17)9-14(5-7-15)6-8-16/h11-13,15-17H,2-10H2,1H3/t11-,12+,13+/m0/s1. The van der Waals surface area contributed by atoms with Crippen LogP contribution in [0.2, 0.25) is 0 Å². The van der Waals surface area contributed by atoms with Gasteiger partial charge in [0.1, 0.15) is 0 Å². The molecular formula is C13H27NO4. The Morgan fingerprint density at radius 3 is 2.39 bits per heavy atom. The summed E-state index contributed by atoms with van der Waals surface area (Å²) in [4.78, 5) is 1.84. The van der Waals surface area contributed by atoms with E-state index in [-0.39, 0.29) is 19.3 Å². The van der Waals surface area contributed by atoms with Gasteiger partial charge in [-0.1, -0.05) is 13.3 Å². The summed E-state index contributed by atoms with van der Waals surface area (Å²) in [7, 11) is 0. The predicted molar refractivity (Wildman–Crippen MR) is 69.4 cm³/mol. The van der Waals surface area contributed by atoms with E-state index >= 15 is 0 Å². The van der Waals surface area contributed by atoms with Gasteiger partial charge >= 0.3 is 0 Å². The second kappa shape index (κ2) is 8.82. The minimum Gasteiger partial charge on any atom is -0.395 e. The second-order valence-corrected chi connectivity index (χ2v) is 5.18. The van der Waals surface area contributed by atoms with Gasteiger partial charge in [0.25, 0.3) is 0 Å². The lowest BCUT2D eigenvalue weighted by molar-refractivity contribution is -0.0338. The average Bonchev–Trinajstić information content (AvgIpc) is 2.73. The molecule has 0 bridgehead atoms. The van der Waals surface area contributed by atoms with Gasteiger partial charge < -0.3 is 20.1 Å². The van der Waals surface area contributed by atoms with Gasteiger partial charge in [0.15, 0.2) is 0 Å². The molecule has 1 aliphatic carbocycles.